The van der Waals surface area contributed by atoms with Crippen molar-refractivity contribution in [3.63, 3.8) is 0 Å². The summed E-state index contributed by atoms with van der Waals surface area (Å²) < 4.78 is 0. The minimum absolute atomic E-state index is 0.105. The zero-order chi connectivity index (χ0) is 12.3. The van der Waals surface area contributed by atoms with E-state index in [1.165, 1.54) is 5.56 Å². The first-order chi connectivity index (χ1) is 8.20. The summed E-state index contributed by atoms with van der Waals surface area (Å²) in [4.78, 5) is 0. The lowest BCUT2D eigenvalue weighted by Gasteiger charge is -2.06. The number of benzene rings is 2. The predicted molar refractivity (Wildman–Crippen MR) is 71.3 cm³/mol. The number of hydrogen-bond donors (Lipinski definition) is 2. The maximum atomic E-state index is 9.38. The maximum absolute atomic E-state index is 9.38. The van der Waals surface area contributed by atoms with Gasteiger partial charge in [0.2, 0.25) is 0 Å². The molecule has 2 nitrogen and oxygen atoms in total. The second-order valence-electron chi connectivity index (χ2n) is 3.91. The Balaban J connectivity index is 2.38. The van der Waals surface area contributed by atoms with Crippen molar-refractivity contribution in [2.45, 2.75) is 6.42 Å². The molecule has 17 heavy (non-hydrogen) atoms. The van der Waals surface area contributed by atoms with Crippen molar-refractivity contribution in [1.82, 2.24) is 0 Å². The van der Waals surface area contributed by atoms with Crippen LogP contribution in [0.1, 0.15) is 5.56 Å². The summed E-state index contributed by atoms with van der Waals surface area (Å²) in [5.74, 6) is 0.105. The van der Waals surface area contributed by atoms with E-state index in [9.17, 15) is 5.11 Å². The number of rotatable bonds is 3. The molecular weight excluding hydrogens is 234 g/mol. The standard InChI is InChI=1S/C14H14ClNO/c15-13-9-12(4-5-14(13)17)11-3-1-2-10(8-11)6-7-16/h1-5,8-9,17H,6-7,16H2. The second kappa shape index (κ2) is 5.21. The van der Waals surface area contributed by atoms with Crippen LogP contribution in [0.2, 0.25) is 5.02 Å². The Hall–Kier alpha value is -1.51. The van der Waals surface area contributed by atoms with Crippen molar-refractivity contribution in [3.8, 4) is 16.9 Å². The Morgan fingerprint density at radius 3 is 2.53 bits per heavy atom. The molecule has 0 aliphatic heterocycles. The summed E-state index contributed by atoms with van der Waals surface area (Å²) in [5, 5.41) is 9.75. The lowest BCUT2D eigenvalue weighted by atomic mass is 10.0. The van der Waals surface area contributed by atoms with Crippen LogP contribution in [-0.4, -0.2) is 11.7 Å². The molecule has 2 aromatic rings. The average Bonchev–Trinajstić information content (AvgIpc) is 2.33. The molecule has 0 heterocycles. The third-order valence-electron chi connectivity index (χ3n) is 2.64. The van der Waals surface area contributed by atoms with Gasteiger partial charge in [0.25, 0.3) is 0 Å². The van der Waals surface area contributed by atoms with Crippen LogP contribution in [0, 0.1) is 0 Å². The highest BCUT2D eigenvalue weighted by Gasteiger charge is 2.03. The zero-order valence-corrected chi connectivity index (χ0v) is 10.1. The van der Waals surface area contributed by atoms with E-state index in [-0.39, 0.29) is 5.75 Å². The Morgan fingerprint density at radius 2 is 1.82 bits per heavy atom. The van der Waals surface area contributed by atoms with Gasteiger partial charge < -0.3 is 10.8 Å². The molecule has 0 bridgehead atoms. The van der Waals surface area contributed by atoms with Gasteiger partial charge in [0.15, 0.2) is 0 Å². The van der Waals surface area contributed by atoms with Crippen LogP contribution in [0.15, 0.2) is 42.5 Å². The van der Waals surface area contributed by atoms with Crippen LogP contribution < -0.4 is 5.73 Å². The smallest absolute Gasteiger partial charge is 0.134 e. The molecule has 0 aliphatic rings. The lowest BCUT2D eigenvalue weighted by Crippen LogP contribution is -2.02. The summed E-state index contributed by atoms with van der Waals surface area (Å²) in [5.41, 5.74) is 8.82. The first-order valence-corrected chi connectivity index (χ1v) is 5.86. The summed E-state index contributed by atoms with van der Waals surface area (Å²) >= 11 is 5.89. The lowest BCUT2D eigenvalue weighted by molar-refractivity contribution is 0.475. The van der Waals surface area contributed by atoms with Gasteiger partial charge in [-0.1, -0.05) is 41.9 Å². The predicted octanol–water partition coefficient (Wildman–Crippen LogP) is 3.21. The monoisotopic (exact) mass is 247 g/mol. The molecule has 0 saturated heterocycles. The van der Waals surface area contributed by atoms with Crippen LogP contribution in [0.3, 0.4) is 0 Å². The van der Waals surface area contributed by atoms with Crippen molar-refractivity contribution in [1.29, 1.82) is 0 Å². The van der Waals surface area contributed by atoms with Gasteiger partial charge in [0.1, 0.15) is 5.75 Å². The fourth-order valence-electron chi connectivity index (χ4n) is 1.76. The molecule has 0 unspecified atom stereocenters. The molecule has 2 aromatic carbocycles. The third-order valence-corrected chi connectivity index (χ3v) is 2.94. The van der Waals surface area contributed by atoms with Gasteiger partial charge in [-0.15, -0.1) is 0 Å². The number of phenolic OH excluding ortho intramolecular Hbond substituents is 1. The fraction of sp³-hybridized carbons (Fsp3) is 0.143. The molecular formula is C14H14ClNO. The molecule has 0 spiro atoms. The molecule has 88 valence electrons. The molecule has 0 atom stereocenters. The summed E-state index contributed by atoms with van der Waals surface area (Å²) in [6.07, 6.45) is 0.861. The van der Waals surface area contributed by atoms with Gasteiger partial charge in [-0.2, -0.15) is 0 Å². The van der Waals surface area contributed by atoms with Gasteiger partial charge in [-0.25, -0.2) is 0 Å². The van der Waals surface area contributed by atoms with Crippen molar-refractivity contribution < 1.29 is 5.11 Å². The topological polar surface area (TPSA) is 46.2 Å². The highest BCUT2D eigenvalue weighted by molar-refractivity contribution is 6.32. The van der Waals surface area contributed by atoms with E-state index in [1.807, 2.05) is 18.2 Å². The van der Waals surface area contributed by atoms with Crippen LogP contribution in [-0.2, 0) is 6.42 Å². The molecule has 0 fully saturated rings. The molecule has 3 N–H and O–H groups in total. The van der Waals surface area contributed by atoms with E-state index in [4.69, 9.17) is 17.3 Å². The van der Waals surface area contributed by atoms with Gasteiger partial charge in [-0.05, 0) is 41.8 Å². The number of aromatic hydroxyl groups is 1. The number of hydrogen-bond acceptors (Lipinski definition) is 2. The van der Waals surface area contributed by atoms with Gasteiger partial charge in [0.05, 0.1) is 5.02 Å². The van der Waals surface area contributed by atoms with E-state index in [0.29, 0.717) is 11.6 Å². The minimum Gasteiger partial charge on any atom is -0.506 e. The summed E-state index contributed by atoms with van der Waals surface area (Å²) in [6, 6.07) is 13.4. The Labute approximate surface area is 106 Å². The number of phenols is 1. The summed E-state index contributed by atoms with van der Waals surface area (Å²) in [6.45, 7) is 0.639. The van der Waals surface area contributed by atoms with Crippen LogP contribution >= 0.6 is 11.6 Å². The van der Waals surface area contributed by atoms with Crippen molar-refractivity contribution >= 4 is 11.6 Å². The first kappa shape index (κ1) is 12.0. The normalized spacial score (nSPS) is 10.5. The Bertz CT molecular complexity index is 525. The second-order valence-corrected chi connectivity index (χ2v) is 4.31. The van der Waals surface area contributed by atoms with E-state index >= 15 is 0 Å². The molecule has 0 saturated carbocycles. The number of nitrogens with two attached hydrogens (primary N) is 1. The van der Waals surface area contributed by atoms with Crippen LogP contribution in [0.25, 0.3) is 11.1 Å². The SMILES string of the molecule is NCCc1cccc(-c2ccc(O)c(Cl)c2)c1. The van der Waals surface area contributed by atoms with Crippen molar-refractivity contribution in [2.24, 2.45) is 5.73 Å². The molecule has 0 radical (unpaired) electrons. The zero-order valence-electron chi connectivity index (χ0n) is 9.36. The quantitative estimate of drug-likeness (QED) is 0.875. The van der Waals surface area contributed by atoms with Crippen molar-refractivity contribution in [2.75, 3.05) is 6.54 Å². The Morgan fingerprint density at radius 1 is 1.06 bits per heavy atom. The van der Waals surface area contributed by atoms with E-state index in [2.05, 4.69) is 12.1 Å². The van der Waals surface area contributed by atoms with E-state index < -0.39 is 0 Å². The molecule has 0 amide bonds. The largest absolute Gasteiger partial charge is 0.506 e. The molecule has 0 aliphatic carbocycles. The minimum atomic E-state index is 0.105. The van der Waals surface area contributed by atoms with E-state index in [1.54, 1.807) is 12.1 Å². The molecule has 2 rings (SSSR count). The van der Waals surface area contributed by atoms with Crippen molar-refractivity contribution in [3.05, 3.63) is 53.1 Å². The van der Waals surface area contributed by atoms with Crippen LogP contribution in [0.5, 0.6) is 5.75 Å². The van der Waals surface area contributed by atoms with Gasteiger partial charge >= 0.3 is 0 Å². The molecule has 0 aromatic heterocycles. The third kappa shape index (κ3) is 2.78. The highest BCUT2D eigenvalue weighted by Crippen LogP contribution is 2.29. The maximum Gasteiger partial charge on any atom is 0.134 e. The van der Waals surface area contributed by atoms with Crippen LogP contribution in [0.4, 0.5) is 0 Å². The number of halogens is 1. The summed E-state index contributed by atoms with van der Waals surface area (Å²) in [7, 11) is 0. The van der Waals surface area contributed by atoms with Gasteiger partial charge in [0, 0.05) is 0 Å². The fourth-order valence-corrected chi connectivity index (χ4v) is 1.94. The van der Waals surface area contributed by atoms with Gasteiger partial charge in [-0.3, -0.25) is 0 Å². The average molecular weight is 248 g/mol. The molecule has 3 heteroatoms. The van der Waals surface area contributed by atoms with E-state index in [0.717, 1.165) is 17.5 Å². The highest BCUT2D eigenvalue weighted by atomic mass is 35.5. The Kier molecular flexibility index (Phi) is 3.67. The first-order valence-electron chi connectivity index (χ1n) is 5.48.